The van der Waals surface area contributed by atoms with E-state index in [-0.39, 0.29) is 53.8 Å². The molecule has 6 rings (SSSR count). The molecule has 0 aliphatic heterocycles. The number of halogens is 1. The van der Waals surface area contributed by atoms with Crippen molar-refractivity contribution in [3.8, 4) is 0 Å². The first-order chi connectivity index (χ1) is 30.5. The van der Waals surface area contributed by atoms with Gasteiger partial charge in [-0.1, -0.05) is 31.3 Å². The lowest BCUT2D eigenvalue weighted by Gasteiger charge is -2.17. The quantitative estimate of drug-likeness (QED) is 0.0333. The van der Waals surface area contributed by atoms with Crippen molar-refractivity contribution in [3.05, 3.63) is 70.9 Å². The van der Waals surface area contributed by atoms with Gasteiger partial charge in [0.1, 0.15) is 30.1 Å². The number of hydrogen-bond donors (Lipinski definition) is 10. The number of anilines is 4. The number of aromatic nitrogens is 12. The zero-order valence-electron chi connectivity index (χ0n) is 35.9. The average molecular weight is 1000 g/mol. The van der Waals surface area contributed by atoms with Gasteiger partial charge in [0.25, 0.3) is 5.56 Å². The lowest BCUT2D eigenvalue weighted by atomic mass is 10.2. The topological polar surface area (TPSA) is 435 Å². The summed E-state index contributed by atoms with van der Waals surface area (Å²) in [7, 11) is -11.7. The van der Waals surface area contributed by atoms with E-state index in [4.69, 9.17) is 68.3 Å². The Kier molecular flexibility index (Phi) is 17.6. The molecule has 28 nitrogen and oxygen atoms in total. The molecule has 66 heavy (non-hydrogen) atoms. The second-order valence-electron chi connectivity index (χ2n) is 14.6. The van der Waals surface area contributed by atoms with E-state index in [1.165, 1.54) is 19.3 Å². The number of aromatic amines is 1. The maximum atomic E-state index is 11.7. The fraction of sp³-hybridized carbons (Fsp3) is 0.382. The van der Waals surface area contributed by atoms with Crippen LogP contribution in [-0.4, -0.2) is 127 Å². The third-order valence-electron chi connectivity index (χ3n) is 8.83. The van der Waals surface area contributed by atoms with Gasteiger partial charge in [0.2, 0.25) is 25.2 Å². The van der Waals surface area contributed by atoms with Gasteiger partial charge in [0, 0.05) is 26.3 Å². The van der Waals surface area contributed by atoms with Crippen molar-refractivity contribution in [2.24, 2.45) is 0 Å². The van der Waals surface area contributed by atoms with Crippen molar-refractivity contribution < 1.29 is 52.4 Å². The van der Waals surface area contributed by atoms with Crippen molar-refractivity contribution in [1.29, 1.82) is 0 Å². The van der Waals surface area contributed by atoms with Crippen molar-refractivity contribution in [1.82, 2.24) is 58.6 Å². The maximum Gasteiger partial charge on any atom is 0.351 e. The summed E-state index contributed by atoms with van der Waals surface area (Å²) in [5, 5.41) is 0.151. The van der Waals surface area contributed by atoms with Gasteiger partial charge in [-0.15, -0.1) is 0 Å². The van der Waals surface area contributed by atoms with Gasteiger partial charge in [0.15, 0.2) is 33.4 Å². The van der Waals surface area contributed by atoms with Crippen LogP contribution in [0.25, 0.3) is 33.5 Å². The number of fused-ring (bicyclic) bond motifs is 3. The van der Waals surface area contributed by atoms with Crippen LogP contribution in [0.1, 0.15) is 20.8 Å². The minimum absolute atomic E-state index is 0.0238. The van der Waals surface area contributed by atoms with E-state index in [1.807, 2.05) is 0 Å². The van der Waals surface area contributed by atoms with Gasteiger partial charge in [0.05, 0.1) is 37.3 Å². The molecule has 0 amide bonds. The average Bonchev–Trinajstić information content (AvgIpc) is 3.92. The van der Waals surface area contributed by atoms with Crippen LogP contribution in [0.4, 0.5) is 23.7 Å². The normalized spacial score (nSPS) is 14.2. The largest absolute Gasteiger partial charge is 0.382 e. The Hall–Kier alpha value is -5.47. The molecule has 0 bridgehead atoms. The van der Waals surface area contributed by atoms with Gasteiger partial charge in [-0.3, -0.25) is 23.5 Å². The molecule has 14 N–H and O–H groups in total. The van der Waals surface area contributed by atoms with E-state index in [2.05, 4.69) is 64.6 Å². The third-order valence-corrected chi connectivity index (χ3v) is 10.7. The van der Waals surface area contributed by atoms with Crippen molar-refractivity contribution in [2.75, 3.05) is 48.6 Å². The third kappa shape index (κ3) is 15.6. The molecular formula is C34H50ClN16O12P3. The molecule has 0 aliphatic rings. The standard InChI is InChI=1S/C12H19N6O3P.C11H15ClN5O4P.C11H16N5O5P/c1-7(8(2)21-6-22(3,19)20)4-18-5-15-9-10(13)16-12(14)17-11(9)18;1-6(7(2)21-5-22(18,19)20)3-17-4-14-8-9(12)15-11(13)16-10(8)17;1-6(7(2)21-5-22(18,19)20)3-16-4-13-8-9(16)14-11(12)15-10(8)17/h5,8H,1,4,6H2,2-3H3,(H,19,20)(H4,13,14,16,17);4,7H,1,3,5H2,2H3,(H2,13,15,16)(H2,18,19,20);4,7H,1,3,5H2,2H3,(H2,18,19,20)(H3,12,14,15,17)/t8-;2*7-/m000/s1. The summed E-state index contributed by atoms with van der Waals surface area (Å²) in [5.74, 6) is 0.267. The molecule has 4 atom stereocenters. The van der Waals surface area contributed by atoms with E-state index < -0.39 is 59.1 Å². The smallest absolute Gasteiger partial charge is 0.351 e. The molecule has 1 unspecified atom stereocenters. The van der Waals surface area contributed by atoms with Crippen LogP contribution in [0, 0.1) is 0 Å². The highest BCUT2D eigenvalue weighted by molar-refractivity contribution is 7.56. The summed E-state index contributed by atoms with van der Waals surface area (Å²) >= 11 is 5.93. The van der Waals surface area contributed by atoms with Crippen LogP contribution in [-0.2, 0) is 47.5 Å². The molecule has 6 aromatic rings. The SMILES string of the molecule is C=C(Cn1cnc2c(=O)[nH]c(N)nc21)[C@H](C)OCP(=O)(O)O.C=C(Cn1cnc2c(Cl)nc(N)nc21)[C@H](C)OCP(=O)(O)O.C=C(Cn1cnc2c(N)nc(N)nc21)[C@H](C)OCP(C)(=O)O. The summed E-state index contributed by atoms with van der Waals surface area (Å²) in [5.41, 5.74) is 26.0. The highest BCUT2D eigenvalue weighted by Gasteiger charge is 2.21. The molecular weight excluding hydrogens is 953 g/mol. The molecule has 0 spiro atoms. The summed E-state index contributed by atoms with van der Waals surface area (Å²) < 4.78 is 53.3. The van der Waals surface area contributed by atoms with Gasteiger partial charge >= 0.3 is 15.2 Å². The summed E-state index contributed by atoms with van der Waals surface area (Å²) in [4.78, 5) is 90.5. The molecule has 6 heterocycles. The molecule has 0 aliphatic carbocycles. The number of imidazole rings is 3. The molecule has 0 radical (unpaired) electrons. The van der Waals surface area contributed by atoms with Crippen LogP contribution < -0.4 is 28.5 Å². The Morgan fingerprint density at radius 1 is 0.652 bits per heavy atom. The molecule has 32 heteroatoms. The minimum atomic E-state index is -4.24. The van der Waals surface area contributed by atoms with Gasteiger partial charge in [-0.2, -0.15) is 24.9 Å². The second kappa shape index (κ2) is 21.9. The number of nitrogens with two attached hydrogens (primary N) is 4. The molecule has 6 aromatic heterocycles. The van der Waals surface area contributed by atoms with E-state index >= 15 is 0 Å². The number of rotatable bonds is 18. The second-order valence-corrected chi connectivity index (χ2v) is 20.5. The highest BCUT2D eigenvalue weighted by Crippen LogP contribution is 2.37. The molecule has 0 saturated carbocycles. The molecule has 0 fully saturated rings. The number of nitrogens with zero attached hydrogens (tertiary/aromatic N) is 11. The first kappa shape index (κ1) is 53.1. The number of nitrogen functional groups attached to an aromatic ring is 4. The summed E-state index contributed by atoms with van der Waals surface area (Å²) in [6.07, 6.45) is 1.35. The Morgan fingerprint density at radius 3 is 1.47 bits per heavy atom. The molecule has 0 saturated heterocycles. The van der Waals surface area contributed by atoms with Gasteiger partial charge in [-0.25, -0.2) is 15.0 Å². The van der Waals surface area contributed by atoms with Crippen LogP contribution in [0.3, 0.4) is 0 Å². The van der Waals surface area contributed by atoms with Gasteiger partial charge in [-0.05, 0) is 37.5 Å². The van der Waals surface area contributed by atoms with E-state index in [1.54, 1.807) is 40.8 Å². The summed E-state index contributed by atoms with van der Waals surface area (Å²) in [6, 6.07) is 0. The summed E-state index contributed by atoms with van der Waals surface area (Å²) in [6.45, 7) is 18.7. The van der Waals surface area contributed by atoms with E-state index in [0.717, 1.165) is 0 Å². The fourth-order valence-corrected chi connectivity index (χ4v) is 6.85. The van der Waals surface area contributed by atoms with Crippen LogP contribution in [0.5, 0.6) is 0 Å². The predicted octanol–water partition coefficient (Wildman–Crippen LogP) is 1.77. The van der Waals surface area contributed by atoms with E-state index in [9.17, 15) is 23.4 Å². The van der Waals surface area contributed by atoms with Crippen molar-refractivity contribution in [3.63, 3.8) is 0 Å². The number of nitrogens with one attached hydrogen (secondary N) is 1. The van der Waals surface area contributed by atoms with Crippen molar-refractivity contribution in [2.45, 2.75) is 58.7 Å². The maximum absolute atomic E-state index is 11.7. The zero-order valence-corrected chi connectivity index (χ0v) is 39.3. The first-order valence-corrected chi connectivity index (χ1v) is 25.1. The van der Waals surface area contributed by atoms with E-state index in [0.29, 0.717) is 51.2 Å². The zero-order chi connectivity index (χ0) is 49.5. The Morgan fingerprint density at radius 2 is 1.03 bits per heavy atom. The predicted molar refractivity (Wildman–Crippen MR) is 245 cm³/mol. The Bertz CT molecular complexity index is 2810. The van der Waals surface area contributed by atoms with Crippen LogP contribution in [0.15, 0.2) is 60.2 Å². The lowest BCUT2D eigenvalue weighted by molar-refractivity contribution is 0.110. The number of hydrogen-bond acceptors (Lipinski definition) is 19. The Balaban J connectivity index is 0.000000216. The lowest BCUT2D eigenvalue weighted by Crippen LogP contribution is -2.17. The minimum Gasteiger partial charge on any atom is -0.382 e. The number of H-pyrrole nitrogens is 1. The van der Waals surface area contributed by atoms with Gasteiger partial charge < -0.3 is 75.3 Å². The monoisotopic (exact) mass is 1000 g/mol. The number of ether oxygens (including phenoxy) is 3. The molecule has 0 aromatic carbocycles. The molecule has 360 valence electrons. The highest BCUT2D eigenvalue weighted by atomic mass is 35.5. The van der Waals surface area contributed by atoms with Crippen LogP contribution in [0.2, 0.25) is 5.15 Å². The van der Waals surface area contributed by atoms with Crippen LogP contribution >= 0.6 is 34.2 Å². The fourth-order valence-electron chi connectivity index (χ4n) is 5.29. The Labute approximate surface area is 379 Å². The van der Waals surface area contributed by atoms with Crippen molar-refractivity contribution >= 4 is 91.3 Å². The first-order valence-electron chi connectivity index (χ1n) is 18.9.